The van der Waals surface area contributed by atoms with Crippen LogP contribution in [0.15, 0.2) is 53.5 Å². The molecule has 0 aliphatic carbocycles. The Labute approximate surface area is 147 Å². The molecule has 128 valence electrons. The lowest BCUT2D eigenvalue weighted by atomic mass is 9.92. The van der Waals surface area contributed by atoms with Gasteiger partial charge in [0.05, 0.1) is 17.2 Å². The molecule has 0 saturated heterocycles. The van der Waals surface area contributed by atoms with Crippen LogP contribution in [0.1, 0.15) is 15.9 Å². The van der Waals surface area contributed by atoms with Gasteiger partial charge in [0, 0.05) is 11.1 Å². The standard InChI is InChI=1S/C19H12F2N4O/c20-14-2-1-3-15(21)17(14)16-12(9-22)7-5-10-4-6-11(8-13(10)16)18(26)25-19(23)24/h1-8H,(H4,23,24,25,26). The van der Waals surface area contributed by atoms with E-state index in [1.807, 2.05) is 6.07 Å². The molecule has 0 heterocycles. The Morgan fingerprint density at radius 1 is 1.00 bits per heavy atom. The molecule has 0 bridgehead atoms. The molecule has 0 aliphatic heterocycles. The summed E-state index contributed by atoms with van der Waals surface area (Å²) in [6.07, 6.45) is 0. The van der Waals surface area contributed by atoms with Crippen molar-refractivity contribution < 1.29 is 13.6 Å². The number of benzene rings is 3. The van der Waals surface area contributed by atoms with Gasteiger partial charge in [0.1, 0.15) is 11.6 Å². The first-order chi connectivity index (χ1) is 12.4. The number of nitrogens with two attached hydrogens (primary N) is 2. The predicted molar refractivity (Wildman–Crippen MR) is 94.2 cm³/mol. The smallest absolute Gasteiger partial charge is 0.280 e. The molecular formula is C19H12F2N4O. The van der Waals surface area contributed by atoms with Crippen LogP contribution in [-0.4, -0.2) is 11.9 Å². The zero-order valence-electron chi connectivity index (χ0n) is 13.3. The van der Waals surface area contributed by atoms with Crippen LogP contribution < -0.4 is 11.5 Å². The number of hydrogen-bond acceptors (Lipinski definition) is 2. The van der Waals surface area contributed by atoms with E-state index in [1.165, 1.54) is 24.3 Å². The highest BCUT2D eigenvalue weighted by Gasteiger charge is 2.19. The highest BCUT2D eigenvalue weighted by molar-refractivity contribution is 6.07. The average Bonchev–Trinajstić information content (AvgIpc) is 2.60. The lowest BCUT2D eigenvalue weighted by molar-refractivity contribution is 0.100. The summed E-state index contributed by atoms with van der Waals surface area (Å²) < 4.78 is 28.7. The van der Waals surface area contributed by atoms with E-state index in [0.29, 0.717) is 10.8 Å². The number of nitrogens with zero attached hydrogens (tertiary/aromatic N) is 2. The van der Waals surface area contributed by atoms with E-state index in [1.54, 1.807) is 12.1 Å². The van der Waals surface area contributed by atoms with Gasteiger partial charge in [-0.25, -0.2) is 8.78 Å². The van der Waals surface area contributed by atoms with Crippen molar-refractivity contribution in [2.24, 2.45) is 16.5 Å². The van der Waals surface area contributed by atoms with Gasteiger partial charge in [-0.1, -0.05) is 18.2 Å². The second-order valence-electron chi connectivity index (χ2n) is 5.47. The van der Waals surface area contributed by atoms with Gasteiger partial charge in [0.2, 0.25) is 0 Å². The molecule has 0 fully saturated rings. The van der Waals surface area contributed by atoms with Gasteiger partial charge < -0.3 is 11.5 Å². The lowest BCUT2D eigenvalue weighted by Crippen LogP contribution is -2.24. The fourth-order valence-electron chi connectivity index (χ4n) is 2.73. The molecule has 0 radical (unpaired) electrons. The second kappa shape index (κ2) is 6.61. The minimum atomic E-state index is -0.810. The summed E-state index contributed by atoms with van der Waals surface area (Å²) in [6, 6.07) is 13.0. The van der Waals surface area contributed by atoms with Crippen LogP contribution in [0.5, 0.6) is 0 Å². The van der Waals surface area contributed by atoms with E-state index in [-0.39, 0.29) is 22.3 Å². The van der Waals surface area contributed by atoms with E-state index >= 15 is 0 Å². The Balaban J connectivity index is 2.38. The van der Waals surface area contributed by atoms with Crippen molar-refractivity contribution in [1.29, 1.82) is 5.26 Å². The van der Waals surface area contributed by atoms with Crippen LogP contribution in [0.2, 0.25) is 0 Å². The molecule has 3 aromatic carbocycles. The largest absolute Gasteiger partial charge is 0.370 e. The second-order valence-corrected chi connectivity index (χ2v) is 5.47. The molecule has 3 rings (SSSR count). The SMILES string of the molecule is N#Cc1ccc2ccc(C(=O)N=C(N)N)cc2c1-c1c(F)cccc1F. The summed E-state index contributed by atoms with van der Waals surface area (Å²) in [5.41, 5.74) is 10.4. The fraction of sp³-hybridized carbons (Fsp3) is 0. The molecule has 1 amide bonds. The Kier molecular flexibility index (Phi) is 4.33. The number of fused-ring (bicyclic) bond motifs is 1. The Morgan fingerprint density at radius 2 is 1.65 bits per heavy atom. The summed E-state index contributed by atoms with van der Waals surface area (Å²) in [5.74, 6) is -2.72. The number of halogens is 2. The van der Waals surface area contributed by atoms with E-state index in [0.717, 1.165) is 12.1 Å². The first-order valence-corrected chi connectivity index (χ1v) is 7.47. The third kappa shape index (κ3) is 2.96. The molecule has 5 nitrogen and oxygen atoms in total. The molecule has 0 unspecified atom stereocenters. The summed E-state index contributed by atoms with van der Waals surface area (Å²) >= 11 is 0. The predicted octanol–water partition coefficient (Wildman–Crippen LogP) is 3.07. The molecule has 0 saturated carbocycles. The van der Waals surface area contributed by atoms with E-state index in [2.05, 4.69) is 4.99 Å². The third-order valence-corrected chi connectivity index (χ3v) is 3.83. The monoisotopic (exact) mass is 350 g/mol. The summed E-state index contributed by atoms with van der Waals surface area (Å²) in [7, 11) is 0. The maximum atomic E-state index is 14.3. The van der Waals surface area contributed by atoms with Crippen LogP contribution >= 0.6 is 0 Å². The maximum absolute atomic E-state index is 14.3. The van der Waals surface area contributed by atoms with Gasteiger partial charge in [-0.05, 0) is 41.1 Å². The summed E-state index contributed by atoms with van der Waals surface area (Å²) in [6.45, 7) is 0. The molecule has 3 aromatic rings. The van der Waals surface area contributed by atoms with E-state index in [4.69, 9.17) is 11.5 Å². The topological polar surface area (TPSA) is 105 Å². The Morgan fingerprint density at radius 3 is 2.27 bits per heavy atom. The van der Waals surface area contributed by atoms with Gasteiger partial charge in [0.15, 0.2) is 5.96 Å². The summed E-state index contributed by atoms with van der Waals surface area (Å²) in [5, 5.41) is 10.3. The number of nitriles is 1. The quantitative estimate of drug-likeness (QED) is 0.547. The van der Waals surface area contributed by atoms with Crippen molar-refractivity contribution in [3.05, 3.63) is 71.3 Å². The number of amides is 1. The zero-order chi connectivity index (χ0) is 18.8. The highest BCUT2D eigenvalue weighted by atomic mass is 19.1. The zero-order valence-corrected chi connectivity index (χ0v) is 13.3. The molecule has 7 heteroatoms. The molecule has 0 atom stereocenters. The molecule has 26 heavy (non-hydrogen) atoms. The third-order valence-electron chi connectivity index (χ3n) is 3.83. The first-order valence-electron chi connectivity index (χ1n) is 7.47. The maximum Gasteiger partial charge on any atom is 0.280 e. The normalized spacial score (nSPS) is 10.3. The van der Waals surface area contributed by atoms with Gasteiger partial charge in [-0.3, -0.25) is 4.79 Å². The average molecular weight is 350 g/mol. The van der Waals surface area contributed by atoms with Gasteiger partial charge >= 0.3 is 0 Å². The minimum absolute atomic E-state index is 0.0694. The van der Waals surface area contributed by atoms with Crippen LogP contribution in [0, 0.1) is 23.0 Å². The molecule has 0 aromatic heterocycles. The van der Waals surface area contributed by atoms with Crippen LogP contribution in [0.4, 0.5) is 8.78 Å². The Bertz CT molecular complexity index is 1090. The van der Waals surface area contributed by atoms with E-state index in [9.17, 15) is 18.8 Å². The van der Waals surface area contributed by atoms with E-state index < -0.39 is 23.5 Å². The van der Waals surface area contributed by atoms with Crippen LogP contribution in [0.3, 0.4) is 0 Å². The molecular weight excluding hydrogens is 338 g/mol. The van der Waals surface area contributed by atoms with Crippen molar-refractivity contribution >= 4 is 22.6 Å². The van der Waals surface area contributed by atoms with Crippen molar-refractivity contribution in [3.8, 4) is 17.2 Å². The number of rotatable bonds is 2. The summed E-state index contributed by atoms with van der Waals surface area (Å²) in [4.78, 5) is 15.5. The first kappa shape index (κ1) is 17.0. The van der Waals surface area contributed by atoms with Gasteiger partial charge in [-0.2, -0.15) is 10.3 Å². The number of aliphatic imine (C=N–C) groups is 1. The number of carbonyl (C=O) groups is 1. The highest BCUT2D eigenvalue weighted by Crippen LogP contribution is 2.35. The molecule has 0 spiro atoms. The lowest BCUT2D eigenvalue weighted by Gasteiger charge is -2.12. The number of hydrogen-bond donors (Lipinski definition) is 2. The van der Waals surface area contributed by atoms with Crippen LogP contribution in [-0.2, 0) is 0 Å². The van der Waals surface area contributed by atoms with Crippen molar-refractivity contribution in [2.45, 2.75) is 0 Å². The van der Waals surface area contributed by atoms with Crippen molar-refractivity contribution in [1.82, 2.24) is 0 Å². The molecule has 4 N–H and O–H groups in total. The fourth-order valence-corrected chi connectivity index (χ4v) is 2.73. The van der Waals surface area contributed by atoms with Gasteiger partial charge in [-0.15, -0.1) is 0 Å². The number of guanidine groups is 1. The molecule has 0 aliphatic rings. The van der Waals surface area contributed by atoms with Crippen molar-refractivity contribution in [3.63, 3.8) is 0 Å². The number of carbonyl (C=O) groups excluding carboxylic acids is 1. The minimum Gasteiger partial charge on any atom is -0.370 e. The Hall–Kier alpha value is -3.79. The van der Waals surface area contributed by atoms with Crippen molar-refractivity contribution in [2.75, 3.05) is 0 Å². The van der Waals surface area contributed by atoms with Crippen LogP contribution in [0.25, 0.3) is 21.9 Å². The van der Waals surface area contributed by atoms with Gasteiger partial charge in [0.25, 0.3) is 5.91 Å².